The summed E-state index contributed by atoms with van der Waals surface area (Å²) in [6.45, 7) is 0.154. The molecule has 0 aromatic heterocycles. The summed E-state index contributed by atoms with van der Waals surface area (Å²) < 4.78 is 10.5. The van der Waals surface area contributed by atoms with Crippen LogP contribution in [0, 0.1) is 0 Å². The van der Waals surface area contributed by atoms with E-state index >= 15 is 0 Å². The van der Waals surface area contributed by atoms with Crippen molar-refractivity contribution in [2.75, 3.05) is 6.79 Å². The fourth-order valence-corrected chi connectivity index (χ4v) is 2.51. The van der Waals surface area contributed by atoms with Crippen molar-refractivity contribution in [2.45, 2.75) is 0 Å². The predicted molar refractivity (Wildman–Crippen MR) is 82.4 cm³/mol. The molecule has 3 nitrogen and oxygen atoms in total. The van der Waals surface area contributed by atoms with Gasteiger partial charge in [0.2, 0.25) is 6.79 Å². The number of carbonyl (C=O) groups is 1. The summed E-state index contributed by atoms with van der Waals surface area (Å²) >= 11 is 12.1. The van der Waals surface area contributed by atoms with Crippen molar-refractivity contribution >= 4 is 35.1 Å². The van der Waals surface area contributed by atoms with Crippen molar-refractivity contribution in [1.29, 1.82) is 0 Å². The average molecular weight is 321 g/mol. The first-order chi connectivity index (χ1) is 10.1. The average Bonchev–Trinajstić information content (AvgIpc) is 2.94. The third-order valence-electron chi connectivity index (χ3n) is 3.02. The van der Waals surface area contributed by atoms with Crippen LogP contribution in [0.3, 0.4) is 0 Å². The molecule has 2 aromatic carbocycles. The van der Waals surface area contributed by atoms with E-state index in [1.165, 1.54) is 6.08 Å². The van der Waals surface area contributed by atoms with Crippen molar-refractivity contribution in [3.05, 3.63) is 63.6 Å². The number of benzene rings is 2. The zero-order chi connectivity index (χ0) is 14.8. The van der Waals surface area contributed by atoms with Gasteiger partial charge in [-0.15, -0.1) is 0 Å². The maximum absolute atomic E-state index is 12.1. The number of allylic oxidation sites excluding steroid dienone is 1. The van der Waals surface area contributed by atoms with Gasteiger partial charge in [-0.1, -0.05) is 41.4 Å². The summed E-state index contributed by atoms with van der Waals surface area (Å²) in [4.78, 5) is 12.1. The van der Waals surface area contributed by atoms with E-state index in [1.807, 2.05) is 0 Å². The van der Waals surface area contributed by atoms with E-state index in [2.05, 4.69) is 0 Å². The van der Waals surface area contributed by atoms with E-state index in [4.69, 9.17) is 32.7 Å². The topological polar surface area (TPSA) is 35.5 Å². The highest BCUT2D eigenvalue weighted by molar-refractivity contribution is 6.34. The first-order valence-corrected chi connectivity index (χ1v) is 6.97. The summed E-state index contributed by atoms with van der Waals surface area (Å²) in [6.07, 6.45) is 3.12. The van der Waals surface area contributed by atoms with Crippen molar-refractivity contribution in [2.24, 2.45) is 0 Å². The minimum absolute atomic E-state index is 0.154. The number of halogens is 2. The molecule has 2 aromatic rings. The first kappa shape index (κ1) is 14.0. The highest BCUT2D eigenvalue weighted by Crippen LogP contribution is 2.40. The molecule has 1 heterocycles. The lowest BCUT2D eigenvalue weighted by Crippen LogP contribution is -1.94. The highest BCUT2D eigenvalue weighted by Gasteiger charge is 2.17. The number of hydrogen-bond donors (Lipinski definition) is 0. The molecule has 5 heteroatoms. The normalized spacial score (nSPS) is 12.9. The Bertz CT molecular complexity index is 738. The molecule has 0 atom stereocenters. The Kier molecular flexibility index (Phi) is 3.86. The quantitative estimate of drug-likeness (QED) is 0.611. The van der Waals surface area contributed by atoms with Crippen molar-refractivity contribution in [3.8, 4) is 11.5 Å². The van der Waals surface area contributed by atoms with E-state index in [0.29, 0.717) is 27.1 Å². The Hall–Kier alpha value is -1.97. The van der Waals surface area contributed by atoms with E-state index in [1.54, 1.807) is 42.5 Å². The summed E-state index contributed by atoms with van der Waals surface area (Å²) in [7, 11) is 0. The minimum atomic E-state index is -0.172. The van der Waals surface area contributed by atoms with E-state index in [0.717, 1.165) is 5.56 Å². The maximum atomic E-state index is 12.1. The van der Waals surface area contributed by atoms with Gasteiger partial charge in [0.1, 0.15) is 0 Å². The molecule has 0 radical (unpaired) electrons. The summed E-state index contributed by atoms with van der Waals surface area (Å²) in [5, 5.41) is 0.880. The molecule has 0 saturated carbocycles. The molecule has 3 rings (SSSR count). The van der Waals surface area contributed by atoms with Gasteiger partial charge >= 0.3 is 0 Å². The number of fused-ring (bicyclic) bond motifs is 1. The third kappa shape index (κ3) is 2.89. The van der Waals surface area contributed by atoms with Gasteiger partial charge in [-0.3, -0.25) is 4.79 Å². The Balaban J connectivity index is 1.85. The van der Waals surface area contributed by atoms with Crippen LogP contribution in [0.1, 0.15) is 15.9 Å². The molecule has 0 fully saturated rings. The standard InChI is InChI=1S/C16H10Cl2O3/c17-12-4-2-1-3-11(12)14(19)6-5-10-7-13(18)16-15(8-10)20-9-21-16/h1-8H,9H2/b6-5+. The highest BCUT2D eigenvalue weighted by atomic mass is 35.5. The monoisotopic (exact) mass is 320 g/mol. The second kappa shape index (κ2) is 5.80. The SMILES string of the molecule is O=C(/C=C/c1cc(Cl)c2c(c1)OCO2)c1ccccc1Cl. The molecule has 1 aliphatic heterocycles. The fourth-order valence-electron chi connectivity index (χ4n) is 2.01. The van der Waals surface area contributed by atoms with E-state index < -0.39 is 0 Å². The van der Waals surface area contributed by atoms with Crippen molar-refractivity contribution < 1.29 is 14.3 Å². The van der Waals surface area contributed by atoms with Crippen LogP contribution in [0.25, 0.3) is 6.08 Å². The zero-order valence-corrected chi connectivity index (χ0v) is 12.3. The lowest BCUT2D eigenvalue weighted by Gasteiger charge is -2.01. The first-order valence-electron chi connectivity index (χ1n) is 6.21. The maximum Gasteiger partial charge on any atom is 0.231 e. The molecular weight excluding hydrogens is 311 g/mol. The molecule has 0 spiro atoms. The minimum Gasteiger partial charge on any atom is -0.454 e. The van der Waals surface area contributed by atoms with Crippen LogP contribution in [0.15, 0.2) is 42.5 Å². The molecule has 106 valence electrons. The molecule has 0 bridgehead atoms. The molecule has 0 saturated heterocycles. The fraction of sp³-hybridized carbons (Fsp3) is 0.0625. The molecular formula is C16H10Cl2O3. The van der Waals surface area contributed by atoms with Gasteiger partial charge in [0.25, 0.3) is 0 Å². The molecule has 1 aliphatic rings. The van der Waals surface area contributed by atoms with Gasteiger partial charge in [-0.05, 0) is 35.9 Å². The van der Waals surface area contributed by atoms with Crippen LogP contribution in [-0.2, 0) is 0 Å². The number of rotatable bonds is 3. The summed E-state index contributed by atoms with van der Waals surface area (Å²) in [6, 6.07) is 10.4. The van der Waals surface area contributed by atoms with Gasteiger partial charge < -0.3 is 9.47 Å². The van der Waals surface area contributed by atoms with Crippen molar-refractivity contribution in [3.63, 3.8) is 0 Å². The van der Waals surface area contributed by atoms with Crippen LogP contribution < -0.4 is 9.47 Å². The van der Waals surface area contributed by atoms with Crippen LogP contribution in [-0.4, -0.2) is 12.6 Å². The molecule has 0 N–H and O–H groups in total. The predicted octanol–water partition coefficient (Wildman–Crippen LogP) is 4.62. The molecule has 0 unspecified atom stereocenters. The number of ketones is 1. The second-order valence-corrected chi connectivity index (χ2v) is 5.23. The van der Waals surface area contributed by atoms with Gasteiger partial charge in [-0.25, -0.2) is 0 Å². The molecule has 0 aliphatic carbocycles. The summed E-state index contributed by atoms with van der Waals surface area (Å²) in [5.41, 5.74) is 1.21. The second-order valence-electron chi connectivity index (χ2n) is 4.41. The van der Waals surface area contributed by atoms with Crippen LogP contribution >= 0.6 is 23.2 Å². The van der Waals surface area contributed by atoms with Gasteiger partial charge in [0.15, 0.2) is 17.3 Å². The van der Waals surface area contributed by atoms with E-state index in [9.17, 15) is 4.79 Å². The third-order valence-corrected chi connectivity index (χ3v) is 3.63. The smallest absolute Gasteiger partial charge is 0.231 e. The zero-order valence-electron chi connectivity index (χ0n) is 10.8. The number of hydrogen-bond acceptors (Lipinski definition) is 3. The van der Waals surface area contributed by atoms with E-state index in [-0.39, 0.29) is 12.6 Å². The van der Waals surface area contributed by atoms with Crippen LogP contribution in [0.2, 0.25) is 10.0 Å². The lowest BCUT2D eigenvalue weighted by atomic mass is 10.1. The molecule has 21 heavy (non-hydrogen) atoms. The van der Waals surface area contributed by atoms with Gasteiger partial charge in [0.05, 0.1) is 10.0 Å². The van der Waals surface area contributed by atoms with Crippen molar-refractivity contribution in [1.82, 2.24) is 0 Å². The number of ether oxygens (including phenoxy) is 2. The Morgan fingerprint density at radius 1 is 1.10 bits per heavy atom. The van der Waals surface area contributed by atoms with Gasteiger partial charge in [-0.2, -0.15) is 0 Å². The summed E-state index contributed by atoms with van der Waals surface area (Å²) in [5.74, 6) is 0.938. The Morgan fingerprint density at radius 3 is 2.71 bits per heavy atom. The molecule has 0 amide bonds. The Labute approximate surface area is 131 Å². The largest absolute Gasteiger partial charge is 0.454 e. The van der Waals surface area contributed by atoms with Crippen LogP contribution in [0.5, 0.6) is 11.5 Å². The van der Waals surface area contributed by atoms with Crippen LogP contribution in [0.4, 0.5) is 0 Å². The number of carbonyl (C=O) groups excluding carboxylic acids is 1. The van der Waals surface area contributed by atoms with Gasteiger partial charge in [0, 0.05) is 5.56 Å². The Morgan fingerprint density at radius 2 is 1.90 bits per heavy atom. The lowest BCUT2D eigenvalue weighted by molar-refractivity contribution is 0.104.